The van der Waals surface area contributed by atoms with Crippen molar-refractivity contribution in [2.45, 2.75) is 32.9 Å². The molecule has 106 valence electrons. The molecule has 1 aromatic rings. The number of nitrogens with zero attached hydrogens (tertiary/aromatic N) is 3. The van der Waals surface area contributed by atoms with E-state index in [4.69, 9.17) is 21.1 Å². The van der Waals surface area contributed by atoms with Gasteiger partial charge in [-0.05, 0) is 13.3 Å². The number of hydrogen-bond donors (Lipinski definition) is 0. The van der Waals surface area contributed by atoms with Crippen molar-refractivity contribution in [3.63, 3.8) is 0 Å². The smallest absolute Gasteiger partial charge is 0.158 e. The third-order valence-corrected chi connectivity index (χ3v) is 3.35. The van der Waals surface area contributed by atoms with E-state index in [0.717, 1.165) is 32.0 Å². The van der Waals surface area contributed by atoms with Gasteiger partial charge in [0.15, 0.2) is 5.82 Å². The van der Waals surface area contributed by atoms with Gasteiger partial charge in [0.05, 0.1) is 19.3 Å². The minimum Gasteiger partial charge on any atom is -0.377 e. The van der Waals surface area contributed by atoms with E-state index in [1.54, 1.807) is 0 Å². The van der Waals surface area contributed by atoms with Gasteiger partial charge in [0.2, 0.25) is 0 Å². The number of rotatable bonds is 5. The number of anilines is 1. The maximum Gasteiger partial charge on any atom is 0.158 e. The summed E-state index contributed by atoms with van der Waals surface area (Å²) in [4.78, 5) is 11.0. The molecule has 5 nitrogen and oxygen atoms in total. The number of morpholine rings is 1. The minimum absolute atomic E-state index is 0.347. The summed E-state index contributed by atoms with van der Waals surface area (Å²) in [5.41, 5.74) is 0. The van der Waals surface area contributed by atoms with Gasteiger partial charge >= 0.3 is 0 Å². The van der Waals surface area contributed by atoms with Crippen molar-refractivity contribution in [1.29, 1.82) is 0 Å². The zero-order valence-corrected chi connectivity index (χ0v) is 12.2. The Balaban J connectivity index is 2.19. The standard InChI is InChI=1S/C13H20ClN3O2/c1-3-10-8-19-6-5-17(10)13-7-11(14)15-12(16-13)9-18-4-2/h7,10H,3-6,8-9H2,1-2H3. The van der Waals surface area contributed by atoms with E-state index in [9.17, 15) is 0 Å². The molecule has 0 amide bonds. The van der Waals surface area contributed by atoms with Crippen LogP contribution in [-0.4, -0.2) is 42.4 Å². The topological polar surface area (TPSA) is 47.5 Å². The molecule has 1 fully saturated rings. The molecule has 0 bridgehead atoms. The Morgan fingerprint density at radius 3 is 3.05 bits per heavy atom. The zero-order valence-electron chi connectivity index (χ0n) is 11.4. The lowest BCUT2D eigenvalue weighted by Gasteiger charge is -2.36. The lowest BCUT2D eigenvalue weighted by Crippen LogP contribution is -2.45. The first-order valence-electron chi connectivity index (χ1n) is 6.70. The summed E-state index contributed by atoms with van der Waals surface area (Å²) in [5.74, 6) is 1.50. The molecule has 0 radical (unpaired) electrons. The number of halogens is 1. The third kappa shape index (κ3) is 3.78. The van der Waals surface area contributed by atoms with E-state index in [2.05, 4.69) is 21.8 Å². The molecule has 0 spiro atoms. The van der Waals surface area contributed by atoms with Gasteiger partial charge in [-0.15, -0.1) is 0 Å². The van der Waals surface area contributed by atoms with E-state index in [0.29, 0.717) is 30.2 Å². The molecule has 0 N–H and O–H groups in total. The van der Waals surface area contributed by atoms with Crippen LogP contribution in [0, 0.1) is 0 Å². The molecule has 19 heavy (non-hydrogen) atoms. The molecule has 0 aromatic carbocycles. The average Bonchev–Trinajstić information content (AvgIpc) is 2.44. The molecule has 0 saturated carbocycles. The summed E-state index contributed by atoms with van der Waals surface area (Å²) in [6, 6.07) is 2.16. The quantitative estimate of drug-likeness (QED) is 0.777. The Bertz CT molecular complexity index is 417. The van der Waals surface area contributed by atoms with Crippen LogP contribution in [0.2, 0.25) is 5.15 Å². The molecule has 1 atom stereocenters. The highest BCUT2D eigenvalue weighted by Crippen LogP contribution is 2.22. The van der Waals surface area contributed by atoms with E-state index in [1.807, 2.05) is 13.0 Å². The van der Waals surface area contributed by atoms with Crippen LogP contribution in [0.4, 0.5) is 5.82 Å². The second kappa shape index (κ2) is 7.03. The highest BCUT2D eigenvalue weighted by Gasteiger charge is 2.23. The fourth-order valence-electron chi connectivity index (χ4n) is 2.15. The molecule has 1 aliphatic heterocycles. The first kappa shape index (κ1) is 14.5. The highest BCUT2D eigenvalue weighted by molar-refractivity contribution is 6.29. The summed E-state index contributed by atoms with van der Waals surface area (Å²) in [6.07, 6.45) is 1.02. The summed E-state index contributed by atoms with van der Waals surface area (Å²) < 4.78 is 10.9. The largest absolute Gasteiger partial charge is 0.377 e. The Morgan fingerprint density at radius 1 is 1.47 bits per heavy atom. The van der Waals surface area contributed by atoms with Gasteiger partial charge in [0.25, 0.3) is 0 Å². The maximum atomic E-state index is 6.07. The second-order valence-corrected chi connectivity index (χ2v) is 4.82. The lowest BCUT2D eigenvalue weighted by molar-refractivity contribution is 0.0923. The van der Waals surface area contributed by atoms with Crippen molar-refractivity contribution in [2.75, 3.05) is 31.3 Å². The Hall–Kier alpha value is -0.910. The van der Waals surface area contributed by atoms with Gasteiger partial charge in [-0.1, -0.05) is 18.5 Å². The molecule has 2 rings (SSSR count). The lowest BCUT2D eigenvalue weighted by atomic mass is 10.2. The van der Waals surface area contributed by atoms with Crippen LogP contribution in [0.1, 0.15) is 26.1 Å². The minimum atomic E-state index is 0.347. The first-order chi connectivity index (χ1) is 9.24. The Kier molecular flexibility index (Phi) is 5.36. The first-order valence-corrected chi connectivity index (χ1v) is 7.08. The molecule has 6 heteroatoms. The van der Waals surface area contributed by atoms with E-state index < -0.39 is 0 Å². The highest BCUT2D eigenvalue weighted by atomic mass is 35.5. The van der Waals surface area contributed by atoms with Crippen LogP contribution >= 0.6 is 11.6 Å². The van der Waals surface area contributed by atoms with Crippen LogP contribution in [0.25, 0.3) is 0 Å². The predicted molar refractivity (Wildman–Crippen MR) is 74.6 cm³/mol. The molecular formula is C13H20ClN3O2. The summed E-state index contributed by atoms with van der Waals surface area (Å²) in [5, 5.41) is 0.459. The average molecular weight is 286 g/mol. The van der Waals surface area contributed by atoms with Gasteiger partial charge in [-0.25, -0.2) is 9.97 Å². The number of hydrogen-bond acceptors (Lipinski definition) is 5. The molecule has 1 unspecified atom stereocenters. The van der Waals surface area contributed by atoms with Crippen LogP contribution in [-0.2, 0) is 16.1 Å². The monoisotopic (exact) mass is 285 g/mol. The Morgan fingerprint density at radius 2 is 2.32 bits per heavy atom. The van der Waals surface area contributed by atoms with Crippen molar-refractivity contribution in [3.05, 3.63) is 17.0 Å². The van der Waals surface area contributed by atoms with Crippen molar-refractivity contribution >= 4 is 17.4 Å². The normalized spacial score (nSPS) is 19.7. The van der Waals surface area contributed by atoms with Crippen LogP contribution in [0.15, 0.2) is 6.07 Å². The van der Waals surface area contributed by atoms with Crippen LogP contribution < -0.4 is 4.90 Å². The van der Waals surface area contributed by atoms with Gasteiger partial charge in [0.1, 0.15) is 17.6 Å². The van der Waals surface area contributed by atoms with Gasteiger partial charge in [0, 0.05) is 19.2 Å². The zero-order chi connectivity index (χ0) is 13.7. The van der Waals surface area contributed by atoms with Crippen molar-refractivity contribution in [3.8, 4) is 0 Å². The fourth-order valence-corrected chi connectivity index (χ4v) is 2.35. The van der Waals surface area contributed by atoms with Gasteiger partial charge in [-0.3, -0.25) is 0 Å². The summed E-state index contributed by atoms with van der Waals surface area (Å²) in [7, 11) is 0. The Labute approximate surface area is 118 Å². The molecular weight excluding hydrogens is 266 g/mol. The van der Waals surface area contributed by atoms with E-state index in [-0.39, 0.29) is 0 Å². The summed E-state index contributed by atoms with van der Waals surface area (Å²) in [6.45, 7) is 7.42. The van der Waals surface area contributed by atoms with Crippen LogP contribution in [0.5, 0.6) is 0 Å². The summed E-state index contributed by atoms with van der Waals surface area (Å²) >= 11 is 6.07. The van der Waals surface area contributed by atoms with E-state index in [1.165, 1.54) is 0 Å². The predicted octanol–water partition coefficient (Wildman–Crippen LogP) is 2.28. The molecule has 0 aliphatic carbocycles. The number of ether oxygens (including phenoxy) is 2. The van der Waals surface area contributed by atoms with Crippen molar-refractivity contribution in [1.82, 2.24) is 9.97 Å². The molecule has 1 aromatic heterocycles. The molecule has 2 heterocycles. The molecule has 1 saturated heterocycles. The van der Waals surface area contributed by atoms with Gasteiger partial charge < -0.3 is 14.4 Å². The molecule has 1 aliphatic rings. The van der Waals surface area contributed by atoms with Crippen molar-refractivity contribution < 1.29 is 9.47 Å². The van der Waals surface area contributed by atoms with Crippen molar-refractivity contribution in [2.24, 2.45) is 0 Å². The second-order valence-electron chi connectivity index (χ2n) is 4.43. The fraction of sp³-hybridized carbons (Fsp3) is 0.692. The van der Waals surface area contributed by atoms with E-state index >= 15 is 0 Å². The SMILES string of the molecule is CCOCc1nc(Cl)cc(N2CCOCC2CC)n1. The van der Waals surface area contributed by atoms with Crippen LogP contribution in [0.3, 0.4) is 0 Å². The maximum absolute atomic E-state index is 6.07. The number of aromatic nitrogens is 2. The van der Waals surface area contributed by atoms with Gasteiger partial charge in [-0.2, -0.15) is 0 Å². The third-order valence-electron chi connectivity index (χ3n) is 3.16.